The molecule has 3 aliphatic rings. The van der Waals surface area contributed by atoms with Crippen LogP contribution in [0.4, 0.5) is 4.39 Å². The molecule has 0 bridgehead atoms. The highest BCUT2D eigenvalue weighted by molar-refractivity contribution is 5.84. The summed E-state index contributed by atoms with van der Waals surface area (Å²) in [5.74, 6) is -0.358. The van der Waals surface area contributed by atoms with E-state index in [2.05, 4.69) is 5.32 Å². The highest BCUT2D eigenvalue weighted by Crippen LogP contribution is 2.34. The summed E-state index contributed by atoms with van der Waals surface area (Å²) in [6.45, 7) is 3.07. The minimum Gasteiger partial charge on any atom is -0.381 e. The zero-order valence-electron chi connectivity index (χ0n) is 15.9. The summed E-state index contributed by atoms with van der Waals surface area (Å²) in [5.41, 5.74) is 0.646. The summed E-state index contributed by atoms with van der Waals surface area (Å²) in [6, 6.07) is 6.03. The SMILES string of the molecule is O=C(NCC1CCOCC1)[C@@H]1CN(C(=O)Cc2cccc(F)c2)[C@@H]2CCO[C@@H]21. The average molecular weight is 390 g/mol. The van der Waals surface area contributed by atoms with Crippen molar-refractivity contribution >= 4 is 11.8 Å². The predicted octanol–water partition coefficient (Wildman–Crippen LogP) is 1.53. The second kappa shape index (κ2) is 8.57. The van der Waals surface area contributed by atoms with Gasteiger partial charge in [-0.2, -0.15) is 0 Å². The number of benzene rings is 1. The van der Waals surface area contributed by atoms with Gasteiger partial charge in [-0.05, 0) is 42.9 Å². The Morgan fingerprint density at radius 1 is 1.18 bits per heavy atom. The summed E-state index contributed by atoms with van der Waals surface area (Å²) in [7, 11) is 0. The van der Waals surface area contributed by atoms with Crippen LogP contribution in [0.2, 0.25) is 0 Å². The van der Waals surface area contributed by atoms with Gasteiger partial charge in [0, 0.05) is 32.9 Å². The summed E-state index contributed by atoms with van der Waals surface area (Å²) >= 11 is 0. The molecule has 6 nitrogen and oxygen atoms in total. The van der Waals surface area contributed by atoms with E-state index in [1.54, 1.807) is 17.0 Å². The van der Waals surface area contributed by atoms with Crippen LogP contribution in [0.25, 0.3) is 0 Å². The Balaban J connectivity index is 1.37. The largest absolute Gasteiger partial charge is 0.381 e. The Morgan fingerprint density at radius 2 is 2.00 bits per heavy atom. The third-order valence-electron chi connectivity index (χ3n) is 6.10. The van der Waals surface area contributed by atoms with Crippen molar-refractivity contribution in [2.75, 3.05) is 32.9 Å². The lowest BCUT2D eigenvalue weighted by atomic mass is 9.98. The van der Waals surface area contributed by atoms with Crippen molar-refractivity contribution in [1.29, 1.82) is 0 Å². The van der Waals surface area contributed by atoms with Crippen molar-refractivity contribution in [2.24, 2.45) is 11.8 Å². The van der Waals surface area contributed by atoms with Gasteiger partial charge in [0.05, 0.1) is 24.5 Å². The minimum absolute atomic E-state index is 0.0375. The molecule has 0 aliphatic carbocycles. The molecule has 0 saturated carbocycles. The van der Waals surface area contributed by atoms with E-state index in [1.165, 1.54) is 12.1 Å². The van der Waals surface area contributed by atoms with E-state index in [0.29, 0.717) is 31.2 Å². The first-order chi connectivity index (χ1) is 13.6. The van der Waals surface area contributed by atoms with Gasteiger partial charge < -0.3 is 19.7 Å². The first-order valence-electron chi connectivity index (χ1n) is 10.1. The first kappa shape index (κ1) is 19.3. The molecule has 7 heteroatoms. The fourth-order valence-corrected chi connectivity index (χ4v) is 4.54. The molecule has 3 aliphatic heterocycles. The molecule has 1 aromatic rings. The maximum Gasteiger partial charge on any atom is 0.227 e. The molecule has 0 unspecified atom stereocenters. The number of ether oxygens (including phenoxy) is 2. The Bertz CT molecular complexity index is 722. The van der Waals surface area contributed by atoms with E-state index >= 15 is 0 Å². The van der Waals surface area contributed by atoms with Gasteiger partial charge in [-0.25, -0.2) is 4.39 Å². The number of hydrogen-bond donors (Lipinski definition) is 1. The van der Waals surface area contributed by atoms with Crippen LogP contribution in [0.3, 0.4) is 0 Å². The number of rotatable bonds is 5. The van der Waals surface area contributed by atoms with Gasteiger partial charge in [0.15, 0.2) is 0 Å². The topological polar surface area (TPSA) is 67.9 Å². The number of nitrogens with one attached hydrogen (secondary N) is 1. The molecule has 4 rings (SSSR count). The van der Waals surface area contributed by atoms with Crippen molar-refractivity contribution in [3.63, 3.8) is 0 Å². The van der Waals surface area contributed by atoms with E-state index in [4.69, 9.17) is 9.47 Å². The van der Waals surface area contributed by atoms with Crippen LogP contribution in [0.5, 0.6) is 0 Å². The number of carbonyl (C=O) groups excluding carboxylic acids is 2. The van der Waals surface area contributed by atoms with Crippen LogP contribution in [0.15, 0.2) is 24.3 Å². The Labute approximate surface area is 164 Å². The number of fused-ring (bicyclic) bond motifs is 1. The number of hydrogen-bond acceptors (Lipinski definition) is 4. The molecule has 152 valence electrons. The Morgan fingerprint density at radius 3 is 2.79 bits per heavy atom. The van der Waals surface area contributed by atoms with Crippen LogP contribution in [-0.4, -0.2) is 61.8 Å². The lowest BCUT2D eigenvalue weighted by Crippen LogP contribution is -2.40. The predicted molar refractivity (Wildman–Crippen MR) is 100 cm³/mol. The molecule has 3 atom stereocenters. The van der Waals surface area contributed by atoms with Crippen molar-refractivity contribution in [3.05, 3.63) is 35.6 Å². The summed E-state index contributed by atoms with van der Waals surface area (Å²) in [4.78, 5) is 27.4. The van der Waals surface area contributed by atoms with Gasteiger partial charge in [0.2, 0.25) is 11.8 Å². The Hall–Kier alpha value is -1.99. The zero-order valence-corrected chi connectivity index (χ0v) is 15.9. The normalized spacial score (nSPS) is 27.6. The molecule has 3 saturated heterocycles. The van der Waals surface area contributed by atoms with Crippen LogP contribution >= 0.6 is 0 Å². The molecular formula is C21H27FN2O4. The number of halogens is 1. The molecule has 0 aromatic heterocycles. The molecule has 0 spiro atoms. The summed E-state index contributed by atoms with van der Waals surface area (Å²) < 4.78 is 24.6. The average Bonchev–Trinajstić information content (AvgIpc) is 3.29. The molecule has 0 radical (unpaired) electrons. The third kappa shape index (κ3) is 4.20. The standard InChI is InChI=1S/C21H27FN2O4/c22-16-3-1-2-15(10-16)11-19(25)24-13-17(20-18(24)6-9-28-20)21(26)23-12-14-4-7-27-8-5-14/h1-3,10,14,17-18,20H,4-9,11-13H2,(H,23,26)/t17-,18-,20-/m1/s1. The highest BCUT2D eigenvalue weighted by Gasteiger charge is 2.50. The number of likely N-dealkylation sites (tertiary alicyclic amines) is 1. The van der Waals surface area contributed by atoms with E-state index in [-0.39, 0.29) is 42.1 Å². The van der Waals surface area contributed by atoms with Crippen molar-refractivity contribution in [3.8, 4) is 0 Å². The maximum absolute atomic E-state index is 13.4. The van der Waals surface area contributed by atoms with Gasteiger partial charge in [0.25, 0.3) is 0 Å². The monoisotopic (exact) mass is 390 g/mol. The lowest BCUT2D eigenvalue weighted by Gasteiger charge is -2.23. The van der Waals surface area contributed by atoms with Crippen molar-refractivity contribution in [1.82, 2.24) is 10.2 Å². The van der Waals surface area contributed by atoms with Gasteiger partial charge in [0.1, 0.15) is 5.82 Å². The molecule has 1 aromatic carbocycles. The molecule has 2 amide bonds. The Kier molecular flexibility index (Phi) is 5.92. The van der Waals surface area contributed by atoms with E-state index in [9.17, 15) is 14.0 Å². The van der Waals surface area contributed by atoms with Gasteiger partial charge >= 0.3 is 0 Å². The van der Waals surface area contributed by atoms with Crippen molar-refractivity contribution < 1.29 is 23.5 Å². The third-order valence-corrected chi connectivity index (χ3v) is 6.10. The molecule has 3 heterocycles. The zero-order chi connectivity index (χ0) is 19.5. The van der Waals surface area contributed by atoms with E-state index in [1.807, 2.05) is 0 Å². The first-order valence-corrected chi connectivity index (χ1v) is 10.1. The second-order valence-electron chi connectivity index (χ2n) is 7.95. The van der Waals surface area contributed by atoms with E-state index < -0.39 is 0 Å². The minimum atomic E-state index is -0.348. The smallest absolute Gasteiger partial charge is 0.227 e. The molecule has 3 fully saturated rings. The van der Waals surface area contributed by atoms with Gasteiger partial charge in [-0.3, -0.25) is 9.59 Å². The molecule has 28 heavy (non-hydrogen) atoms. The number of nitrogens with zero attached hydrogens (tertiary/aromatic N) is 1. The van der Waals surface area contributed by atoms with Crippen LogP contribution in [-0.2, 0) is 25.5 Å². The van der Waals surface area contributed by atoms with Crippen LogP contribution < -0.4 is 5.32 Å². The van der Waals surface area contributed by atoms with Crippen molar-refractivity contribution in [2.45, 2.75) is 37.8 Å². The molecular weight excluding hydrogens is 363 g/mol. The summed E-state index contributed by atoms with van der Waals surface area (Å²) in [5, 5.41) is 3.06. The number of carbonyl (C=O) groups is 2. The fourth-order valence-electron chi connectivity index (χ4n) is 4.54. The highest BCUT2D eigenvalue weighted by atomic mass is 19.1. The maximum atomic E-state index is 13.4. The number of amides is 2. The van der Waals surface area contributed by atoms with Crippen LogP contribution in [0, 0.1) is 17.7 Å². The van der Waals surface area contributed by atoms with E-state index in [0.717, 1.165) is 32.5 Å². The van der Waals surface area contributed by atoms with Gasteiger partial charge in [-0.15, -0.1) is 0 Å². The summed E-state index contributed by atoms with van der Waals surface area (Å²) in [6.07, 6.45) is 2.56. The van der Waals surface area contributed by atoms with Crippen LogP contribution in [0.1, 0.15) is 24.8 Å². The fraction of sp³-hybridized carbons (Fsp3) is 0.619. The quantitative estimate of drug-likeness (QED) is 0.828. The molecule has 1 N–H and O–H groups in total. The second-order valence-corrected chi connectivity index (χ2v) is 7.95. The lowest BCUT2D eigenvalue weighted by molar-refractivity contribution is -0.131. The van der Waals surface area contributed by atoms with Gasteiger partial charge in [-0.1, -0.05) is 12.1 Å².